The highest BCUT2D eigenvalue weighted by molar-refractivity contribution is 14.0. The van der Waals surface area contributed by atoms with Crippen molar-refractivity contribution in [1.82, 2.24) is 20.6 Å². The van der Waals surface area contributed by atoms with Gasteiger partial charge in [-0.25, -0.2) is 9.97 Å². The summed E-state index contributed by atoms with van der Waals surface area (Å²) in [6, 6.07) is 4.01. The molecule has 2 heterocycles. The maximum atomic E-state index is 5.91. The van der Waals surface area contributed by atoms with E-state index >= 15 is 0 Å². The predicted molar refractivity (Wildman–Crippen MR) is 126 cm³/mol. The van der Waals surface area contributed by atoms with Crippen molar-refractivity contribution in [1.29, 1.82) is 0 Å². The Hall–Kier alpha value is -1.42. The van der Waals surface area contributed by atoms with E-state index in [4.69, 9.17) is 4.74 Å². The van der Waals surface area contributed by atoms with E-state index in [2.05, 4.69) is 45.5 Å². The number of aromatic nitrogens is 2. The molecule has 2 aromatic rings. The van der Waals surface area contributed by atoms with Crippen LogP contribution >= 0.6 is 35.3 Å². The molecule has 1 fully saturated rings. The van der Waals surface area contributed by atoms with E-state index in [0.29, 0.717) is 12.6 Å². The Morgan fingerprint density at radius 2 is 2.04 bits per heavy atom. The number of nitrogens with one attached hydrogen (secondary N) is 2. The van der Waals surface area contributed by atoms with E-state index in [1.165, 1.54) is 17.7 Å². The standard InChI is InChI=1S/C20H29N5OS.HI/c1-14-15(2)27-19(25-14)10-11-22-20(21-3)24-13-16-8-9-18(23-12-16)26-17-6-4-5-7-17;/h8-9,12,17H,4-7,10-11,13H2,1-3H3,(H2,21,22,24);1H. The van der Waals surface area contributed by atoms with Crippen LogP contribution < -0.4 is 15.4 Å². The molecule has 0 spiro atoms. The number of aliphatic imine (C=N–C) groups is 1. The third-order valence-electron chi connectivity index (χ3n) is 4.77. The van der Waals surface area contributed by atoms with Gasteiger partial charge < -0.3 is 15.4 Å². The number of halogens is 1. The molecule has 3 rings (SSSR count). The van der Waals surface area contributed by atoms with Crippen LogP contribution in [0.15, 0.2) is 23.3 Å². The molecule has 0 radical (unpaired) electrons. The molecule has 8 heteroatoms. The van der Waals surface area contributed by atoms with Crippen LogP contribution in [0.1, 0.15) is 46.8 Å². The van der Waals surface area contributed by atoms with Gasteiger partial charge in [-0.05, 0) is 45.1 Å². The summed E-state index contributed by atoms with van der Waals surface area (Å²) < 4.78 is 5.91. The zero-order valence-corrected chi connectivity index (χ0v) is 20.0. The van der Waals surface area contributed by atoms with Gasteiger partial charge in [0.05, 0.1) is 10.7 Å². The van der Waals surface area contributed by atoms with Crippen LogP contribution in [-0.2, 0) is 13.0 Å². The van der Waals surface area contributed by atoms with Crippen molar-refractivity contribution in [2.75, 3.05) is 13.6 Å². The molecule has 28 heavy (non-hydrogen) atoms. The van der Waals surface area contributed by atoms with E-state index < -0.39 is 0 Å². The fourth-order valence-corrected chi connectivity index (χ4v) is 4.04. The SMILES string of the molecule is CN=C(NCCc1nc(C)c(C)s1)NCc1ccc(OC2CCCC2)nc1.I. The molecule has 1 saturated carbocycles. The molecule has 2 N–H and O–H groups in total. The van der Waals surface area contributed by atoms with Crippen molar-refractivity contribution in [3.05, 3.63) is 39.5 Å². The van der Waals surface area contributed by atoms with Gasteiger partial charge in [-0.2, -0.15) is 0 Å². The average Bonchev–Trinajstić information content (AvgIpc) is 3.29. The van der Waals surface area contributed by atoms with Gasteiger partial charge in [-0.1, -0.05) is 6.07 Å². The summed E-state index contributed by atoms with van der Waals surface area (Å²) in [6.07, 6.45) is 7.93. The van der Waals surface area contributed by atoms with E-state index in [0.717, 1.165) is 53.9 Å². The van der Waals surface area contributed by atoms with Crippen molar-refractivity contribution in [2.45, 2.75) is 58.6 Å². The maximum absolute atomic E-state index is 5.91. The summed E-state index contributed by atoms with van der Waals surface area (Å²) in [5.74, 6) is 1.51. The van der Waals surface area contributed by atoms with Gasteiger partial charge in [0, 0.05) is 43.7 Å². The lowest BCUT2D eigenvalue weighted by molar-refractivity contribution is 0.201. The number of guanidine groups is 1. The van der Waals surface area contributed by atoms with Crippen molar-refractivity contribution >= 4 is 41.3 Å². The van der Waals surface area contributed by atoms with Gasteiger partial charge in [0.1, 0.15) is 6.10 Å². The Bertz CT molecular complexity index is 737. The van der Waals surface area contributed by atoms with Crippen LogP contribution in [0.3, 0.4) is 0 Å². The van der Waals surface area contributed by atoms with Crippen LogP contribution in [0, 0.1) is 13.8 Å². The second-order valence-corrected chi connectivity index (χ2v) is 8.17. The monoisotopic (exact) mass is 515 g/mol. The first-order valence-electron chi connectivity index (χ1n) is 9.63. The molecular weight excluding hydrogens is 485 g/mol. The van der Waals surface area contributed by atoms with Crippen LogP contribution in [-0.4, -0.2) is 35.6 Å². The van der Waals surface area contributed by atoms with E-state index in [9.17, 15) is 0 Å². The highest BCUT2D eigenvalue weighted by Gasteiger charge is 2.16. The minimum absolute atomic E-state index is 0. The quantitative estimate of drug-likeness (QED) is 0.332. The van der Waals surface area contributed by atoms with Crippen molar-refractivity contribution in [3.8, 4) is 5.88 Å². The third kappa shape index (κ3) is 6.88. The highest BCUT2D eigenvalue weighted by Crippen LogP contribution is 2.22. The van der Waals surface area contributed by atoms with Gasteiger partial charge in [-0.3, -0.25) is 4.99 Å². The molecule has 0 saturated heterocycles. The largest absolute Gasteiger partial charge is 0.474 e. The number of hydrogen-bond acceptors (Lipinski definition) is 5. The maximum Gasteiger partial charge on any atom is 0.213 e. The van der Waals surface area contributed by atoms with Gasteiger partial charge in [0.2, 0.25) is 5.88 Å². The molecule has 6 nitrogen and oxygen atoms in total. The average molecular weight is 515 g/mol. The Kier molecular flexibility index (Phi) is 9.43. The highest BCUT2D eigenvalue weighted by atomic mass is 127. The number of aryl methyl sites for hydroxylation is 2. The summed E-state index contributed by atoms with van der Waals surface area (Å²) >= 11 is 1.76. The molecule has 2 aromatic heterocycles. The second-order valence-electron chi connectivity index (χ2n) is 6.88. The van der Waals surface area contributed by atoms with Gasteiger partial charge in [0.25, 0.3) is 0 Å². The van der Waals surface area contributed by atoms with Crippen molar-refractivity contribution < 1.29 is 4.74 Å². The minimum Gasteiger partial charge on any atom is -0.474 e. The molecule has 154 valence electrons. The Balaban J connectivity index is 0.00000280. The molecule has 0 aliphatic heterocycles. The lowest BCUT2D eigenvalue weighted by Crippen LogP contribution is -2.37. The molecule has 0 aromatic carbocycles. The fraction of sp³-hybridized carbons (Fsp3) is 0.550. The number of thiazole rings is 1. The van der Waals surface area contributed by atoms with Crippen molar-refractivity contribution in [2.24, 2.45) is 4.99 Å². The van der Waals surface area contributed by atoms with Gasteiger partial charge in [-0.15, -0.1) is 35.3 Å². The van der Waals surface area contributed by atoms with Crippen molar-refractivity contribution in [3.63, 3.8) is 0 Å². The minimum atomic E-state index is 0. The second kappa shape index (κ2) is 11.5. The summed E-state index contributed by atoms with van der Waals surface area (Å²) in [6.45, 7) is 5.65. The number of pyridine rings is 1. The van der Waals surface area contributed by atoms with Crippen LogP contribution in [0.4, 0.5) is 0 Å². The lowest BCUT2D eigenvalue weighted by Gasteiger charge is -2.13. The smallest absolute Gasteiger partial charge is 0.213 e. The lowest BCUT2D eigenvalue weighted by atomic mass is 10.3. The topological polar surface area (TPSA) is 71.4 Å². The third-order valence-corrected chi connectivity index (χ3v) is 5.91. The van der Waals surface area contributed by atoms with Crippen LogP contribution in [0.2, 0.25) is 0 Å². The first kappa shape index (κ1) is 22.9. The van der Waals surface area contributed by atoms with Gasteiger partial charge in [0.15, 0.2) is 5.96 Å². The molecule has 0 unspecified atom stereocenters. The summed E-state index contributed by atoms with van der Waals surface area (Å²) in [5.41, 5.74) is 2.23. The number of rotatable bonds is 7. The van der Waals surface area contributed by atoms with Gasteiger partial charge >= 0.3 is 0 Å². The summed E-state index contributed by atoms with van der Waals surface area (Å²) in [7, 11) is 1.78. The zero-order chi connectivity index (χ0) is 19.1. The van der Waals surface area contributed by atoms with Crippen LogP contribution in [0.5, 0.6) is 5.88 Å². The molecule has 0 amide bonds. The first-order valence-corrected chi connectivity index (χ1v) is 10.4. The number of ether oxygens (including phenoxy) is 1. The molecule has 1 aliphatic rings. The number of nitrogens with zero attached hydrogens (tertiary/aromatic N) is 3. The predicted octanol–water partition coefficient (Wildman–Crippen LogP) is 4.00. The van der Waals surface area contributed by atoms with E-state index in [1.807, 2.05) is 12.3 Å². The Labute approximate surface area is 188 Å². The molecule has 0 bridgehead atoms. The Morgan fingerprint density at radius 1 is 1.25 bits per heavy atom. The normalized spacial score (nSPS) is 14.6. The summed E-state index contributed by atoms with van der Waals surface area (Å²) in [4.78, 5) is 14.6. The first-order chi connectivity index (χ1) is 13.1. The number of hydrogen-bond donors (Lipinski definition) is 2. The van der Waals surface area contributed by atoms with E-state index in [1.54, 1.807) is 18.4 Å². The molecular formula is C20H30IN5OS. The summed E-state index contributed by atoms with van der Waals surface area (Å²) in [5, 5.41) is 7.82. The zero-order valence-electron chi connectivity index (χ0n) is 16.8. The molecule has 1 aliphatic carbocycles. The van der Waals surface area contributed by atoms with E-state index in [-0.39, 0.29) is 24.0 Å². The van der Waals surface area contributed by atoms with Crippen LogP contribution in [0.25, 0.3) is 0 Å². The fourth-order valence-electron chi connectivity index (χ4n) is 3.10. The Morgan fingerprint density at radius 3 is 2.64 bits per heavy atom. The molecule has 0 atom stereocenters.